The van der Waals surface area contributed by atoms with Gasteiger partial charge in [0.25, 0.3) is 5.08 Å². The molecule has 0 aromatic heterocycles. The zero-order valence-electron chi connectivity index (χ0n) is 20.0. The molecule has 204 valence electrons. The normalized spacial score (nSPS) is 14.9. The standard InChI is InChI=1S/C13H25O7P.C4H12O7P2/c1-5-8-18-21(4,16)19-10-11(20-13(15)7-3)9-17-12(14)6-2;1-2-3-4(5,12(6,7)8)13(9,10)11/h11H,5-10H2,1-4H3;5H,2-3H2,1H3,(H2,6,7,8)(H2,9,10,11). The monoisotopic (exact) mass is 558 g/mol. The number of esters is 2. The summed E-state index contributed by atoms with van der Waals surface area (Å²) in [7, 11) is -13.7. The van der Waals surface area contributed by atoms with Gasteiger partial charge >= 0.3 is 34.7 Å². The molecule has 14 nitrogen and oxygen atoms in total. The van der Waals surface area contributed by atoms with Gasteiger partial charge in [0.2, 0.25) is 0 Å². The first-order valence-corrected chi connectivity index (χ1v) is 15.7. The largest absolute Gasteiger partial charge is 0.462 e. The van der Waals surface area contributed by atoms with Crippen LogP contribution in [-0.4, -0.2) is 74.3 Å². The molecule has 0 fully saturated rings. The molecule has 0 saturated heterocycles. The van der Waals surface area contributed by atoms with E-state index in [1.54, 1.807) is 13.8 Å². The maximum Gasteiger partial charge on any atom is 0.369 e. The summed E-state index contributed by atoms with van der Waals surface area (Å²) in [6.07, 6.45) is -0.278. The highest BCUT2D eigenvalue weighted by Gasteiger charge is 2.58. The molecule has 0 aliphatic rings. The Morgan fingerprint density at radius 1 is 0.824 bits per heavy atom. The minimum absolute atomic E-state index is 0.0483. The van der Waals surface area contributed by atoms with Gasteiger partial charge < -0.3 is 43.2 Å². The first-order valence-electron chi connectivity index (χ1n) is 10.5. The van der Waals surface area contributed by atoms with Gasteiger partial charge in [-0.25, -0.2) is 0 Å². The number of hydrogen-bond donors (Lipinski definition) is 5. The predicted octanol–water partition coefficient (Wildman–Crippen LogP) is 2.32. The first kappa shape index (κ1) is 35.5. The van der Waals surface area contributed by atoms with E-state index in [0.29, 0.717) is 13.0 Å². The molecule has 5 N–H and O–H groups in total. The average molecular weight is 558 g/mol. The smallest absolute Gasteiger partial charge is 0.369 e. The molecule has 0 aromatic carbocycles. The van der Waals surface area contributed by atoms with Crippen LogP contribution in [0.1, 0.15) is 59.8 Å². The number of hydrogen-bond acceptors (Lipinski definition) is 10. The fourth-order valence-corrected chi connectivity index (χ4v) is 5.40. The molecule has 2 atom stereocenters. The lowest BCUT2D eigenvalue weighted by molar-refractivity contribution is -0.160. The maximum absolute atomic E-state index is 11.9. The van der Waals surface area contributed by atoms with E-state index in [2.05, 4.69) is 0 Å². The molecular formula is C17H37O14P3. The molecule has 0 bridgehead atoms. The van der Waals surface area contributed by atoms with E-state index in [1.165, 1.54) is 13.6 Å². The van der Waals surface area contributed by atoms with Crippen molar-refractivity contribution in [3.63, 3.8) is 0 Å². The summed E-state index contributed by atoms with van der Waals surface area (Å²) in [4.78, 5) is 56.7. The summed E-state index contributed by atoms with van der Waals surface area (Å²) in [6, 6.07) is 0. The summed E-state index contributed by atoms with van der Waals surface area (Å²) in [5, 5.41) is 5.92. The Morgan fingerprint density at radius 3 is 1.68 bits per heavy atom. The Kier molecular flexibility index (Phi) is 16.9. The topological polar surface area (TPSA) is 223 Å². The highest BCUT2D eigenvalue weighted by molar-refractivity contribution is 7.72. The van der Waals surface area contributed by atoms with E-state index < -0.39 is 52.3 Å². The fourth-order valence-electron chi connectivity index (χ4n) is 1.98. The van der Waals surface area contributed by atoms with Gasteiger partial charge in [-0.3, -0.25) is 23.3 Å². The van der Waals surface area contributed by atoms with Gasteiger partial charge in [-0.15, -0.1) is 0 Å². The van der Waals surface area contributed by atoms with Crippen molar-refractivity contribution in [1.82, 2.24) is 0 Å². The Balaban J connectivity index is 0. The zero-order valence-corrected chi connectivity index (χ0v) is 22.7. The molecule has 0 heterocycles. The van der Waals surface area contributed by atoms with Crippen LogP contribution in [0.2, 0.25) is 0 Å². The third kappa shape index (κ3) is 14.0. The van der Waals surface area contributed by atoms with Crippen LogP contribution in [0.3, 0.4) is 0 Å². The van der Waals surface area contributed by atoms with Crippen LogP contribution in [0.4, 0.5) is 0 Å². The van der Waals surface area contributed by atoms with Crippen molar-refractivity contribution >= 4 is 34.7 Å². The number of rotatable bonds is 15. The third-order valence-corrected chi connectivity index (χ3v) is 9.00. The minimum atomic E-state index is -5.23. The van der Waals surface area contributed by atoms with Crippen LogP contribution in [0, 0.1) is 0 Å². The van der Waals surface area contributed by atoms with E-state index in [9.17, 15) is 23.3 Å². The van der Waals surface area contributed by atoms with Crippen molar-refractivity contribution in [3.8, 4) is 0 Å². The van der Waals surface area contributed by atoms with Crippen molar-refractivity contribution in [1.29, 1.82) is 0 Å². The van der Waals surface area contributed by atoms with E-state index in [1.807, 2.05) is 6.92 Å². The second kappa shape index (κ2) is 16.2. The highest BCUT2D eigenvalue weighted by Crippen LogP contribution is 2.69. The molecule has 0 rings (SSSR count). The van der Waals surface area contributed by atoms with Crippen molar-refractivity contribution in [3.05, 3.63) is 0 Å². The van der Waals surface area contributed by atoms with Gasteiger partial charge in [0.05, 0.1) is 13.2 Å². The second-order valence-electron chi connectivity index (χ2n) is 7.01. The van der Waals surface area contributed by atoms with Crippen LogP contribution in [0.25, 0.3) is 0 Å². The van der Waals surface area contributed by atoms with E-state index >= 15 is 0 Å². The quantitative estimate of drug-likeness (QED) is 0.144. The first-order chi connectivity index (χ1) is 15.4. The van der Waals surface area contributed by atoms with Crippen LogP contribution >= 0.6 is 22.8 Å². The summed E-state index contributed by atoms with van der Waals surface area (Å²) in [5.41, 5.74) is 0. The third-order valence-electron chi connectivity index (χ3n) is 3.85. The van der Waals surface area contributed by atoms with Crippen LogP contribution in [0.5, 0.6) is 0 Å². The summed E-state index contributed by atoms with van der Waals surface area (Å²) in [5.74, 6) is -0.856. The molecular weight excluding hydrogens is 521 g/mol. The van der Waals surface area contributed by atoms with Gasteiger partial charge in [0.15, 0.2) is 6.10 Å². The summed E-state index contributed by atoms with van der Waals surface area (Å²) < 4.78 is 53.5. The van der Waals surface area contributed by atoms with Crippen LogP contribution in [-0.2, 0) is 41.8 Å². The molecule has 2 unspecified atom stereocenters. The maximum atomic E-state index is 11.9. The SMILES string of the molecule is CCCC(O)(P(=O)(O)O)P(=O)(O)O.CCCOP(C)(=O)OCC(COC(=O)CC)OC(=O)CC. The van der Waals surface area contributed by atoms with E-state index in [4.69, 9.17) is 43.2 Å². The van der Waals surface area contributed by atoms with E-state index in [0.717, 1.165) is 0 Å². The summed E-state index contributed by atoms with van der Waals surface area (Å²) >= 11 is 0. The van der Waals surface area contributed by atoms with Crippen LogP contribution < -0.4 is 0 Å². The molecule has 0 spiro atoms. The van der Waals surface area contributed by atoms with Crippen LogP contribution in [0.15, 0.2) is 0 Å². The lowest BCUT2D eigenvalue weighted by Gasteiger charge is -2.28. The predicted molar refractivity (Wildman–Crippen MR) is 121 cm³/mol. The van der Waals surface area contributed by atoms with Crippen molar-refractivity contribution in [2.75, 3.05) is 26.5 Å². The minimum Gasteiger partial charge on any atom is -0.462 e. The molecule has 0 radical (unpaired) electrons. The van der Waals surface area contributed by atoms with Gasteiger partial charge in [-0.1, -0.05) is 34.1 Å². The number of ether oxygens (including phenoxy) is 2. The Labute approximate surface area is 199 Å². The van der Waals surface area contributed by atoms with Gasteiger partial charge in [0, 0.05) is 19.5 Å². The Hall–Kier alpha value is -0.650. The van der Waals surface area contributed by atoms with Crippen molar-refractivity contribution in [2.45, 2.75) is 71.0 Å². The lowest BCUT2D eigenvalue weighted by Crippen LogP contribution is -2.29. The summed E-state index contributed by atoms with van der Waals surface area (Å²) in [6.45, 7) is 8.01. The zero-order chi connectivity index (χ0) is 27.2. The van der Waals surface area contributed by atoms with Crippen molar-refractivity contribution < 1.29 is 66.5 Å². The lowest BCUT2D eigenvalue weighted by atomic mass is 10.3. The molecule has 0 saturated carbocycles. The van der Waals surface area contributed by atoms with Gasteiger partial charge in [-0.2, -0.15) is 0 Å². The van der Waals surface area contributed by atoms with Gasteiger partial charge in [0.1, 0.15) is 6.61 Å². The molecule has 0 aromatic rings. The highest BCUT2D eigenvalue weighted by atomic mass is 31.2. The number of carbonyl (C=O) groups is 2. The Morgan fingerprint density at radius 2 is 1.32 bits per heavy atom. The molecule has 0 aliphatic carbocycles. The molecule has 34 heavy (non-hydrogen) atoms. The molecule has 0 aliphatic heterocycles. The second-order valence-corrected chi connectivity index (χ2v) is 13.1. The van der Waals surface area contributed by atoms with E-state index in [-0.39, 0.29) is 32.5 Å². The fraction of sp³-hybridized carbons (Fsp3) is 0.882. The number of carbonyl (C=O) groups excluding carboxylic acids is 2. The van der Waals surface area contributed by atoms with Gasteiger partial charge in [-0.05, 0) is 12.8 Å². The molecule has 17 heteroatoms. The molecule has 0 amide bonds. The number of aliphatic hydroxyl groups is 1. The average Bonchev–Trinajstić information content (AvgIpc) is 2.72. The van der Waals surface area contributed by atoms with Crippen molar-refractivity contribution in [2.24, 2.45) is 0 Å². The Bertz CT molecular complexity index is 737.